The summed E-state index contributed by atoms with van der Waals surface area (Å²) in [5.74, 6) is 6.55. The molecule has 3 aliphatic carbocycles. The summed E-state index contributed by atoms with van der Waals surface area (Å²) in [6, 6.07) is 26.8. The first-order valence-corrected chi connectivity index (χ1v) is 20.4. The lowest BCUT2D eigenvalue weighted by Gasteiger charge is -2.23. The van der Waals surface area contributed by atoms with Gasteiger partial charge in [-0.1, -0.05) is 171 Å². The minimum atomic E-state index is 0.583. The summed E-state index contributed by atoms with van der Waals surface area (Å²) in [7, 11) is 0. The lowest BCUT2D eigenvalue weighted by Crippen LogP contribution is -2.15. The third kappa shape index (κ3) is 32.0. The van der Waals surface area contributed by atoms with Crippen molar-refractivity contribution in [3.63, 3.8) is 0 Å². The Bertz CT molecular complexity index is 1060. The van der Waals surface area contributed by atoms with Crippen LogP contribution >= 0.6 is 0 Å². The first-order valence-electron chi connectivity index (χ1n) is 20.4. The first-order chi connectivity index (χ1) is 26.1. The Labute approximate surface area is 328 Å². The second kappa shape index (κ2) is 49.6. The molecule has 298 valence electrons. The van der Waals surface area contributed by atoms with Crippen molar-refractivity contribution in [3.8, 4) is 36.0 Å². The number of nitriles is 3. The van der Waals surface area contributed by atoms with Crippen LogP contribution in [-0.4, -0.2) is 0 Å². The number of fused-ring (bicyclic) bond motifs is 5. The summed E-state index contributed by atoms with van der Waals surface area (Å²) in [5.41, 5.74) is 0. The maximum atomic E-state index is 8.05. The summed E-state index contributed by atoms with van der Waals surface area (Å²) in [5, 5.41) is 24.1. The summed E-state index contributed by atoms with van der Waals surface area (Å²) < 4.78 is 13.5. The fraction of sp³-hybridized carbons (Fsp3) is 0.553. The van der Waals surface area contributed by atoms with Crippen LogP contribution in [-0.2, 0) is 0 Å². The van der Waals surface area contributed by atoms with Crippen LogP contribution < -0.4 is 14.2 Å². The second-order valence-corrected chi connectivity index (χ2v) is 10.5. The number of rotatable bonds is 3. The predicted molar refractivity (Wildman–Crippen MR) is 228 cm³/mol. The SMILES string of the molecule is C1CC2C3CCC(C3)C2C1.CC.CC.CC.CC.CC.CCC.CCC.N#COc1ccccc1.N#COc1ccccc1.N#COc1ccccc1. The van der Waals surface area contributed by atoms with Crippen LogP contribution in [0.25, 0.3) is 0 Å². The monoisotopic (exact) mass is 732 g/mol. The summed E-state index contributed by atoms with van der Waals surface area (Å²) in [4.78, 5) is 0. The minimum Gasteiger partial charge on any atom is -0.388 e. The Morgan fingerprint density at radius 2 is 0.660 bits per heavy atom. The number of hydrogen-bond acceptors (Lipinski definition) is 6. The zero-order chi connectivity index (χ0) is 41.5. The van der Waals surface area contributed by atoms with E-state index in [4.69, 9.17) is 15.8 Å². The van der Waals surface area contributed by atoms with Gasteiger partial charge in [0.05, 0.1) is 0 Å². The molecule has 3 aromatic carbocycles. The van der Waals surface area contributed by atoms with Crippen LogP contribution in [0.5, 0.6) is 17.2 Å². The van der Waals surface area contributed by atoms with E-state index in [9.17, 15) is 0 Å². The number of hydrogen-bond donors (Lipinski definition) is 0. The van der Waals surface area contributed by atoms with E-state index in [-0.39, 0.29) is 0 Å². The van der Waals surface area contributed by atoms with E-state index in [0.29, 0.717) is 17.2 Å². The van der Waals surface area contributed by atoms with Gasteiger partial charge in [-0.25, -0.2) is 0 Å². The molecule has 53 heavy (non-hydrogen) atoms. The van der Waals surface area contributed by atoms with Crippen molar-refractivity contribution in [2.75, 3.05) is 0 Å². The fourth-order valence-corrected chi connectivity index (χ4v) is 5.64. The zero-order valence-corrected chi connectivity index (χ0v) is 36.2. The van der Waals surface area contributed by atoms with Crippen molar-refractivity contribution < 1.29 is 14.2 Å². The average molecular weight is 732 g/mol. The van der Waals surface area contributed by atoms with Crippen LogP contribution in [0.2, 0.25) is 0 Å². The molecule has 4 unspecified atom stereocenters. The van der Waals surface area contributed by atoms with Gasteiger partial charge in [-0.05, 0) is 92.2 Å². The van der Waals surface area contributed by atoms with E-state index in [1.165, 1.54) is 36.5 Å². The highest BCUT2D eigenvalue weighted by molar-refractivity contribution is 5.23. The van der Waals surface area contributed by atoms with Crippen LogP contribution in [0.15, 0.2) is 91.0 Å². The molecule has 3 fully saturated rings. The molecule has 0 amide bonds. The molecule has 0 N–H and O–H groups in total. The largest absolute Gasteiger partial charge is 0.388 e. The van der Waals surface area contributed by atoms with E-state index in [2.05, 4.69) is 41.9 Å². The highest BCUT2D eigenvalue weighted by atomic mass is 16.5. The van der Waals surface area contributed by atoms with Gasteiger partial charge in [0.1, 0.15) is 17.2 Å². The predicted octanol–water partition coefficient (Wildman–Crippen LogP) is 15.4. The fourth-order valence-electron chi connectivity index (χ4n) is 5.64. The first kappa shape index (κ1) is 57.9. The number of benzene rings is 3. The molecule has 2 bridgehead atoms. The third-order valence-electron chi connectivity index (χ3n) is 7.07. The van der Waals surface area contributed by atoms with E-state index >= 15 is 0 Å². The molecule has 0 saturated heterocycles. The van der Waals surface area contributed by atoms with Crippen LogP contribution in [0.3, 0.4) is 0 Å². The molecule has 6 rings (SSSR count). The number of para-hydroxylation sites is 3. The van der Waals surface area contributed by atoms with Gasteiger partial charge in [0.15, 0.2) is 0 Å². The standard InChI is InChI=1S/C10H16.3C7H5NO.2C3H8.5C2H6/c1-2-9-7-4-5-8(6-7)10(9)3-1;3*8-6-9-7-4-2-1-3-5-7;2*1-3-2;5*1-2/h7-10H,1-6H2;3*1-5H;2*3H2,1-2H3;5*1-2H3. The molecule has 0 aromatic heterocycles. The molecule has 6 nitrogen and oxygen atoms in total. The molecular formula is C47H77N3O3. The van der Waals surface area contributed by atoms with Gasteiger partial charge in [0.25, 0.3) is 18.8 Å². The summed E-state index contributed by atoms with van der Waals surface area (Å²) in [6.07, 6.45) is 16.8. The Morgan fingerprint density at radius 3 is 0.868 bits per heavy atom. The van der Waals surface area contributed by atoms with Gasteiger partial charge < -0.3 is 14.2 Å². The Morgan fingerprint density at radius 1 is 0.434 bits per heavy atom. The van der Waals surface area contributed by atoms with Gasteiger partial charge in [-0.3, -0.25) is 0 Å². The molecule has 4 atom stereocenters. The maximum absolute atomic E-state index is 8.05. The summed E-state index contributed by atoms with van der Waals surface area (Å²) >= 11 is 0. The third-order valence-corrected chi connectivity index (χ3v) is 7.07. The summed E-state index contributed by atoms with van der Waals surface area (Å²) in [6.45, 7) is 28.5. The van der Waals surface area contributed by atoms with Gasteiger partial charge in [0.2, 0.25) is 0 Å². The quantitative estimate of drug-likeness (QED) is 0.249. The minimum absolute atomic E-state index is 0.583. The molecule has 3 saturated carbocycles. The molecule has 3 aromatic rings. The molecule has 0 spiro atoms. The maximum Gasteiger partial charge on any atom is 0.292 e. The lowest BCUT2D eigenvalue weighted by atomic mass is 9.82. The highest BCUT2D eigenvalue weighted by Crippen LogP contribution is 2.58. The van der Waals surface area contributed by atoms with E-state index in [1.807, 2.05) is 124 Å². The Kier molecular flexibility index (Phi) is 54.2. The topological polar surface area (TPSA) is 99.1 Å². The molecular weight excluding hydrogens is 655 g/mol. The molecule has 0 aliphatic heterocycles. The molecule has 0 heterocycles. The van der Waals surface area contributed by atoms with Gasteiger partial charge in [-0.2, -0.15) is 0 Å². The number of ether oxygens (including phenoxy) is 3. The van der Waals surface area contributed by atoms with E-state index in [0.717, 1.165) is 0 Å². The van der Waals surface area contributed by atoms with Gasteiger partial charge in [-0.15, -0.1) is 15.8 Å². The lowest BCUT2D eigenvalue weighted by molar-refractivity contribution is 0.259. The zero-order valence-electron chi connectivity index (χ0n) is 36.2. The van der Waals surface area contributed by atoms with Crippen molar-refractivity contribution in [1.82, 2.24) is 0 Å². The molecule has 6 heteroatoms. The Balaban J connectivity index is -0.000000171. The normalized spacial score (nSPS) is 16.1. The van der Waals surface area contributed by atoms with E-state index < -0.39 is 0 Å². The number of nitrogens with zero attached hydrogens (tertiary/aromatic N) is 3. The second-order valence-electron chi connectivity index (χ2n) is 10.5. The van der Waals surface area contributed by atoms with Crippen molar-refractivity contribution in [1.29, 1.82) is 15.8 Å². The molecule has 0 radical (unpaired) electrons. The Hall–Kier alpha value is -4.47. The molecule has 3 aliphatic rings. The van der Waals surface area contributed by atoms with Crippen molar-refractivity contribution in [2.24, 2.45) is 23.7 Å². The van der Waals surface area contributed by atoms with Crippen LogP contribution in [0.4, 0.5) is 0 Å². The van der Waals surface area contributed by atoms with Crippen molar-refractivity contribution in [2.45, 2.75) is 148 Å². The van der Waals surface area contributed by atoms with Gasteiger partial charge in [0, 0.05) is 0 Å². The smallest absolute Gasteiger partial charge is 0.292 e. The van der Waals surface area contributed by atoms with Crippen LogP contribution in [0.1, 0.15) is 148 Å². The van der Waals surface area contributed by atoms with Gasteiger partial charge >= 0.3 is 0 Å². The van der Waals surface area contributed by atoms with Crippen molar-refractivity contribution >= 4 is 0 Å². The van der Waals surface area contributed by atoms with E-state index in [1.54, 1.807) is 93.7 Å². The highest BCUT2D eigenvalue weighted by Gasteiger charge is 2.48. The average Bonchev–Trinajstić information content (AvgIpc) is 4.00. The van der Waals surface area contributed by atoms with Crippen molar-refractivity contribution in [3.05, 3.63) is 91.0 Å². The van der Waals surface area contributed by atoms with Crippen LogP contribution in [0, 0.1) is 58.2 Å².